The van der Waals surface area contributed by atoms with Crippen molar-refractivity contribution in [2.75, 3.05) is 0 Å². The van der Waals surface area contributed by atoms with E-state index in [1.165, 1.54) is 12.1 Å². The van der Waals surface area contributed by atoms with Crippen molar-refractivity contribution >= 4 is 31.7 Å². The number of halogens is 6. The molecule has 0 heterocycles. The van der Waals surface area contributed by atoms with Crippen LogP contribution < -0.4 is 0 Å². The van der Waals surface area contributed by atoms with Crippen LogP contribution in [0.5, 0.6) is 0 Å². The lowest BCUT2D eigenvalue weighted by Crippen LogP contribution is -2.24. The van der Waals surface area contributed by atoms with E-state index in [4.69, 9.17) is 10.5 Å². The molecule has 0 aromatic heterocycles. The van der Waals surface area contributed by atoms with E-state index in [1.807, 2.05) is 0 Å². The average Bonchev–Trinajstić information content (AvgIpc) is 2.61. The fourth-order valence-corrected chi connectivity index (χ4v) is 1.83. The predicted molar refractivity (Wildman–Crippen MR) is 82.9 cm³/mol. The van der Waals surface area contributed by atoms with Gasteiger partial charge in [0, 0.05) is 11.1 Å². The molecule has 0 N–H and O–H groups in total. The summed E-state index contributed by atoms with van der Waals surface area (Å²) < 4.78 is 123. The summed E-state index contributed by atoms with van der Waals surface area (Å²) in [6.07, 6.45) is 0. The maximum absolute atomic E-state index is 12.2. The van der Waals surface area contributed by atoms with Crippen molar-refractivity contribution in [1.29, 1.82) is 10.5 Å². The zero-order valence-corrected chi connectivity index (χ0v) is 15.3. The third-order valence-corrected chi connectivity index (χ3v) is 4.34. The van der Waals surface area contributed by atoms with Gasteiger partial charge in [0.2, 0.25) is 0 Å². The molecule has 0 saturated heterocycles. The molecule has 0 unspecified atom stereocenters. The topological polar surface area (TPSA) is 159 Å². The van der Waals surface area contributed by atoms with Crippen molar-refractivity contribution in [3.63, 3.8) is 0 Å². The van der Waals surface area contributed by atoms with Crippen molar-refractivity contribution < 1.29 is 51.7 Å². The summed E-state index contributed by atoms with van der Waals surface area (Å²) in [4.78, 5) is 0. The number of rotatable bonds is 6. The lowest BCUT2D eigenvalue weighted by molar-refractivity contribution is -0.0545. The highest BCUT2D eigenvalue weighted by molar-refractivity contribution is 7.87. The van der Waals surface area contributed by atoms with E-state index in [-0.39, 0.29) is 11.1 Å². The maximum Gasteiger partial charge on any atom is 0.536 e. The SMILES string of the molecule is N#C/C(=N\OS(=O)(=O)C(F)(F)F)c1ccc(/C(C#N)=N/OS(=O)(=O)C(F)(F)F)cc1. The van der Waals surface area contributed by atoms with Crippen LogP contribution in [0.25, 0.3) is 0 Å². The first-order valence-electron chi connectivity index (χ1n) is 6.62. The molecule has 0 bridgehead atoms. The Morgan fingerprint density at radius 3 is 1.20 bits per heavy atom. The van der Waals surface area contributed by atoms with Gasteiger partial charge in [-0.3, -0.25) is 8.57 Å². The lowest BCUT2D eigenvalue weighted by Gasteiger charge is -2.06. The Hall–Kier alpha value is -3.38. The van der Waals surface area contributed by atoms with E-state index in [0.717, 1.165) is 24.3 Å². The second kappa shape index (κ2) is 8.55. The van der Waals surface area contributed by atoms with E-state index >= 15 is 0 Å². The molecule has 0 aliphatic heterocycles. The molecule has 10 nitrogen and oxygen atoms in total. The molecule has 18 heteroatoms. The van der Waals surface area contributed by atoms with Crippen LogP contribution >= 0.6 is 0 Å². The van der Waals surface area contributed by atoms with E-state index in [9.17, 15) is 43.2 Å². The number of benzene rings is 1. The number of hydrogen-bond acceptors (Lipinski definition) is 10. The summed E-state index contributed by atoms with van der Waals surface area (Å²) in [5.41, 5.74) is -14.2. The molecule has 1 aromatic carbocycles. The van der Waals surface area contributed by atoms with Crippen LogP contribution in [-0.2, 0) is 28.8 Å². The second-order valence-electron chi connectivity index (χ2n) is 4.63. The third-order valence-electron chi connectivity index (χ3n) is 2.66. The van der Waals surface area contributed by atoms with Crippen molar-refractivity contribution in [3.8, 4) is 12.1 Å². The number of nitriles is 2. The van der Waals surface area contributed by atoms with Crippen LogP contribution in [0, 0.1) is 22.7 Å². The Bertz CT molecular complexity index is 1060. The van der Waals surface area contributed by atoms with Gasteiger partial charge in [0.05, 0.1) is 0 Å². The molecule has 0 spiro atoms. The van der Waals surface area contributed by atoms with E-state index in [1.54, 1.807) is 0 Å². The summed E-state index contributed by atoms with van der Waals surface area (Å²) in [6.45, 7) is 0. The molecule has 30 heavy (non-hydrogen) atoms. The molecule has 1 rings (SSSR count). The molecule has 0 fully saturated rings. The van der Waals surface area contributed by atoms with Crippen molar-refractivity contribution in [3.05, 3.63) is 35.4 Å². The standard InChI is InChI=1S/C12H4F6N4O6S2/c13-11(14,15)29(23,24)27-21-9(5-19)7-1-2-8(4-3-7)10(6-20)22-28-30(25,26)12(16,17)18/h1-4H/b21-9+,22-10+. The molecular weight excluding hydrogens is 474 g/mol. The molecule has 0 aliphatic rings. The molecule has 0 atom stereocenters. The van der Waals surface area contributed by atoms with Gasteiger partial charge in [-0.05, 0) is 0 Å². The van der Waals surface area contributed by atoms with E-state index in [2.05, 4.69) is 18.9 Å². The minimum Gasteiger partial charge on any atom is -0.260 e. The predicted octanol–water partition coefficient (Wildman–Crippen LogP) is 1.87. The highest BCUT2D eigenvalue weighted by Gasteiger charge is 2.49. The zero-order valence-electron chi connectivity index (χ0n) is 13.6. The van der Waals surface area contributed by atoms with Gasteiger partial charge >= 0.3 is 31.3 Å². The Balaban J connectivity index is 3.17. The maximum atomic E-state index is 12.2. The summed E-state index contributed by atoms with van der Waals surface area (Å²) in [6, 6.07) is 5.94. The van der Waals surface area contributed by atoms with Crippen molar-refractivity contribution in [2.45, 2.75) is 11.0 Å². The Morgan fingerprint density at radius 2 is 1.00 bits per heavy atom. The quantitative estimate of drug-likeness (QED) is 0.259. The summed E-state index contributed by atoms with van der Waals surface area (Å²) in [7, 11) is -12.3. The molecule has 1 aromatic rings. The Morgan fingerprint density at radius 1 is 0.733 bits per heavy atom. The van der Waals surface area contributed by atoms with Gasteiger partial charge in [-0.1, -0.05) is 34.6 Å². The van der Waals surface area contributed by atoms with Gasteiger partial charge in [0.15, 0.2) is 11.4 Å². The highest BCUT2D eigenvalue weighted by atomic mass is 32.2. The Kier molecular flexibility index (Phi) is 7.03. The van der Waals surface area contributed by atoms with E-state index in [0.29, 0.717) is 0 Å². The van der Waals surface area contributed by atoms with Crippen LogP contribution in [-0.4, -0.2) is 39.3 Å². The molecule has 0 saturated carbocycles. The van der Waals surface area contributed by atoms with Crippen molar-refractivity contribution in [2.24, 2.45) is 10.3 Å². The second-order valence-corrected chi connectivity index (χ2v) is 7.67. The van der Waals surface area contributed by atoms with Crippen LogP contribution in [0.3, 0.4) is 0 Å². The fourth-order valence-electron chi connectivity index (χ4n) is 1.32. The first-order chi connectivity index (χ1) is 13.6. The third kappa shape index (κ3) is 5.81. The largest absolute Gasteiger partial charge is 0.536 e. The fraction of sp³-hybridized carbons (Fsp3) is 0.167. The van der Waals surface area contributed by atoms with Gasteiger partial charge in [-0.2, -0.15) is 53.7 Å². The monoisotopic (exact) mass is 478 g/mol. The van der Waals surface area contributed by atoms with Crippen LogP contribution in [0.15, 0.2) is 34.6 Å². The number of nitrogens with zero attached hydrogens (tertiary/aromatic N) is 4. The first kappa shape index (κ1) is 24.7. The van der Waals surface area contributed by atoms with Crippen LogP contribution in [0.2, 0.25) is 0 Å². The Labute approximate surface area is 163 Å². The minimum absolute atomic E-state index is 0.334. The normalized spacial score (nSPS) is 13.9. The number of hydrogen-bond donors (Lipinski definition) is 0. The summed E-state index contributed by atoms with van der Waals surface area (Å²) in [5, 5.41) is 22.8. The molecular formula is C12H4F6N4O6S2. The number of alkyl halides is 6. The van der Waals surface area contributed by atoms with Crippen LogP contribution in [0.4, 0.5) is 26.3 Å². The molecule has 0 aliphatic carbocycles. The molecule has 0 radical (unpaired) electrons. The number of oxime groups is 2. The van der Waals surface area contributed by atoms with Gasteiger partial charge in [-0.15, -0.1) is 0 Å². The van der Waals surface area contributed by atoms with Gasteiger partial charge < -0.3 is 0 Å². The first-order valence-corrected chi connectivity index (χ1v) is 9.44. The average molecular weight is 478 g/mol. The molecule has 0 amide bonds. The van der Waals surface area contributed by atoms with Gasteiger partial charge in [-0.25, -0.2) is 0 Å². The van der Waals surface area contributed by atoms with Gasteiger partial charge in [0.25, 0.3) is 0 Å². The highest BCUT2D eigenvalue weighted by Crippen LogP contribution is 2.26. The van der Waals surface area contributed by atoms with Gasteiger partial charge in [0.1, 0.15) is 12.1 Å². The van der Waals surface area contributed by atoms with E-state index < -0.39 is 42.7 Å². The zero-order chi connectivity index (χ0) is 23.4. The molecule has 162 valence electrons. The smallest absolute Gasteiger partial charge is 0.260 e. The van der Waals surface area contributed by atoms with Crippen molar-refractivity contribution in [1.82, 2.24) is 0 Å². The summed E-state index contributed by atoms with van der Waals surface area (Å²) >= 11 is 0. The minimum atomic E-state index is -6.14. The van der Waals surface area contributed by atoms with Crippen LogP contribution in [0.1, 0.15) is 11.1 Å². The lowest BCUT2D eigenvalue weighted by atomic mass is 10.1. The summed E-state index contributed by atoms with van der Waals surface area (Å²) in [5.74, 6) is 0.